The Hall–Kier alpha value is -3.34. The number of rotatable bonds is 5. The van der Waals surface area contributed by atoms with Gasteiger partial charge in [-0.2, -0.15) is 0 Å². The molecule has 11 heteroatoms. The standard InChI is InChI=1S/C17H17N5O5S/c18-17(19)21-13(24)9-7-28-15-11(14(25)22(15)12(9)16(26)27)20-10(23)6-8-4-2-1-3-5-8/h1-5,11,15H,6-7H2,(H,20,23)(H,26,27)(H4,18,19,21,24)/t11?,15-/m1/s1. The summed E-state index contributed by atoms with van der Waals surface area (Å²) in [7, 11) is 0. The second kappa shape index (κ2) is 7.72. The van der Waals surface area contributed by atoms with Crippen LogP contribution in [0.2, 0.25) is 0 Å². The summed E-state index contributed by atoms with van der Waals surface area (Å²) in [6, 6.07) is 8.13. The number of carboxylic acid groups (broad SMARTS) is 1. The van der Waals surface area contributed by atoms with Gasteiger partial charge in [0, 0.05) is 5.75 Å². The number of aliphatic carboxylic acids is 1. The van der Waals surface area contributed by atoms with Crippen LogP contribution in [-0.4, -0.2) is 56.8 Å². The van der Waals surface area contributed by atoms with E-state index < -0.39 is 40.9 Å². The molecule has 2 aliphatic rings. The van der Waals surface area contributed by atoms with Crippen LogP contribution < -0.4 is 16.4 Å². The largest absolute Gasteiger partial charge is 0.477 e. The number of thioether (sulfide) groups is 1. The number of carbonyl (C=O) groups excluding carboxylic acids is 3. The van der Waals surface area contributed by atoms with Crippen molar-refractivity contribution >= 4 is 41.4 Å². The Bertz CT molecular complexity index is 900. The summed E-state index contributed by atoms with van der Waals surface area (Å²) in [5.74, 6) is -3.88. The second-order valence-electron chi connectivity index (χ2n) is 6.12. The third-order valence-electron chi connectivity index (χ3n) is 4.22. The van der Waals surface area contributed by atoms with E-state index in [2.05, 4.69) is 5.32 Å². The maximum absolute atomic E-state index is 12.5. The summed E-state index contributed by atoms with van der Waals surface area (Å²) in [6.45, 7) is 0. The number of nitrogens with one attached hydrogen (secondary N) is 3. The van der Waals surface area contributed by atoms with Crippen LogP contribution in [0, 0.1) is 5.41 Å². The normalized spacial score (nSPS) is 20.7. The first kappa shape index (κ1) is 19.4. The van der Waals surface area contributed by atoms with Crippen molar-refractivity contribution in [3.8, 4) is 0 Å². The molecule has 2 atom stereocenters. The van der Waals surface area contributed by atoms with Crippen molar-refractivity contribution in [3.63, 3.8) is 0 Å². The van der Waals surface area contributed by atoms with Crippen LogP contribution in [0.25, 0.3) is 0 Å². The molecule has 1 aromatic rings. The molecule has 0 bridgehead atoms. The molecule has 2 heterocycles. The predicted octanol–water partition coefficient (Wildman–Crippen LogP) is -1.02. The monoisotopic (exact) mass is 403 g/mol. The van der Waals surface area contributed by atoms with Gasteiger partial charge in [-0.25, -0.2) is 4.79 Å². The number of hydrogen-bond donors (Lipinski definition) is 5. The van der Waals surface area contributed by atoms with Gasteiger partial charge < -0.3 is 16.2 Å². The lowest BCUT2D eigenvalue weighted by Gasteiger charge is -2.49. The number of carboxylic acids is 1. The van der Waals surface area contributed by atoms with E-state index in [1.165, 1.54) is 0 Å². The summed E-state index contributed by atoms with van der Waals surface area (Å²) in [5, 5.41) is 20.6. The highest BCUT2D eigenvalue weighted by molar-refractivity contribution is 8.00. The molecule has 0 aliphatic carbocycles. The minimum Gasteiger partial charge on any atom is -0.477 e. The maximum atomic E-state index is 12.5. The Morgan fingerprint density at radius 3 is 2.57 bits per heavy atom. The number of benzene rings is 1. The van der Waals surface area contributed by atoms with Gasteiger partial charge in [-0.05, 0) is 5.56 Å². The third-order valence-corrected chi connectivity index (χ3v) is 5.50. The van der Waals surface area contributed by atoms with Crippen molar-refractivity contribution in [1.29, 1.82) is 5.41 Å². The Kier molecular flexibility index (Phi) is 5.36. The molecule has 146 valence electrons. The topological polar surface area (TPSA) is 166 Å². The Labute approximate surface area is 163 Å². The van der Waals surface area contributed by atoms with Crippen LogP contribution in [0.3, 0.4) is 0 Å². The van der Waals surface area contributed by atoms with Gasteiger partial charge in [0.15, 0.2) is 5.96 Å². The molecule has 6 N–H and O–H groups in total. The molecule has 3 rings (SSSR count). The van der Waals surface area contributed by atoms with Crippen molar-refractivity contribution in [2.75, 3.05) is 5.75 Å². The molecular weight excluding hydrogens is 386 g/mol. The molecule has 0 saturated carbocycles. The van der Waals surface area contributed by atoms with E-state index in [4.69, 9.17) is 11.1 Å². The van der Waals surface area contributed by atoms with E-state index in [9.17, 15) is 24.3 Å². The average molecular weight is 403 g/mol. The predicted molar refractivity (Wildman–Crippen MR) is 99.9 cm³/mol. The molecule has 1 fully saturated rings. The Morgan fingerprint density at radius 2 is 1.96 bits per heavy atom. The minimum atomic E-state index is -1.44. The molecule has 1 saturated heterocycles. The number of carbonyl (C=O) groups is 4. The zero-order valence-corrected chi connectivity index (χ0v) is 15.3. The van der Waals surface area contributed by atoms with E-state index in [0.717, 1.165) is 22.2 Å². The minimum absolute atomic E-state index is 0.000247. The number of nitrogens with zero attached hydrogens (tertiary/aromatic N) is 1. The Morgan fingerprint density at radius 1 is 1.29 bits per heavy atom. The summed E-state index contributed by atoms with van der Waals surface area (Å²) in [4.78, 5) is 49.4. The first-order chi connectivity index (χ1) is 13.3. The van der Waals surface area contributed by atoms with Crippen molar-refractivity contribution in [2.45, 2.75) is 17.8 Å². The number of fused-ring (bicyclic) bond motifs is 1. The van der Waals surface area contributed by atoms with Crippen LogP contribution in [0.5, 0.6) is 0 Å². The van der Waals surface area contributed by atoms with Crippen molar-refractivity contribution in [1.82, 2.24) is 15.5 Å². The van der Waals surface area contributed by atoms with E-state index in [0.29, 0.717) is 0 Å². The number of guanidine groups is 1. The first-order valence-electron chi connectivity index (χ1n) is 8.19. The first-order valence-corrected chi connectivity index (χ1v) is 9.24. The summed E-state index contributed by atoms with van der Waals surface area (Å²) in [6.07, 6.45) is 0.0932. The highest BCUT2D eigenvalue weighted by Gasteiger charge is 2.54. The lowest BCUT2D eigenvalue weighted by molar-refractivity contribution is -0.150. The fourth-order valence-corrected chi connectivity index (χ4v) is 4.34. The highest BCUT2D eigenvalue weighted by atomic mass is 32.2. The quantitative estimate of drug-likeness (QED) is 0.238. The van der Waals surface area contributed by atoms with Gasteiger partial charge in [-0.3, -0.25) is 30.0 Å². The van der Waals surface area contributed by atoms with E-state index in [1.54, 1.807) is 24.3 Å². The van der Waals surface area contributed by atoms with Gasteiger partial charge in [0.25, 0.3) is 11.8 Å². The van der Waals surface area contributed by atoms with E-state index in [-0.39, 0.29) is 23.7 Å². The van der Waals surface area contributed by atoms with E-state index >= 15 is 0 Å². The highest BCUT2D eigenvalue weighted by Crippen LogP contribution is 2.40. The third kappa shape index (κ3) is 3.69. The molecule has 1 aromatic carbocycles. The zero-order chi connectivity index (χ0) is 20.4. The van der Waals surface area contributed by atoms with Crippen molar-refractivity contribution < 1.29 is 24.3 Å². The molecule has 0 radical (unpaired) electrons. The van der Waals surface area contributed by atoms with Gasteiger partial charge in [0.1, 0.15) is 17.1 Å². The molecule has 10 nitrogen and oxygen atoms in total. The number of hydrogen-bond acceptors (Lipinski definition) is 6. The summed E-state index contributed by atoms with van der Waals surface area (Å²) < 4.78 is 0. The summed E-state index contributed by atoms with van der Waals surface area (Å²) >= 11 is 1.15. The van der Waals surface area contributed by atoms with Gasteiger partial charge in [0.2, 0.25) is 5.91 Å². The van der Waals surface area contributed by atoms with Gasteiger partial charge >= 0.3 is 5.97 Å². The van der Waals surface area contributed by atoms with E-state index in [1.807, 2.05) is 11.4 Å². The lowest BCUT2D eigenvalue weighted by Crippen LogP contribution is -2.71. The smallest absolute Gasteiger partial charge is 0.353 e. The second-order valence-corrected chi connectivity index (χ2v) is 7.22. The summed E-state index contributed by atoms with van der Waals surface area (Å²) in [5.41, 5.74) is 5.28. The Balaban J connectivity index is 1.74. The molecule has 28 heavy (non-hydrogen) atoms. The van der Waals surface area contributed by atoms with Crippen LogP contribution in [-0.2, 0) is 25.6 Å². The van der Waals surface area contributed by atoms with Crippen LogP contribution in [0.15, 0.2) is 41.6 Å². The fourth-order valence-electron chi connectivity index (χ4n) is 3.00. The molecule has 0 aromatic heterocycles. The molecule has 0 spiro atoms. The molecular formula is C17H17N5O5S. The maximum Gasteiger partial charge on any atom is 0.353 e. The number of nitrogens with two attached hydrogens (primary N) is 1. The van der Waals surface area contributed by atoms with Gasteiger partial charge in [-0.15, -0.1) is 11.8 Å². The average Bonchev–Trinajstić information content (AvgIpc) is 2.64. The van der Waals surface area contributed by atoms with Crippen molar-refractivity contribution in [3.05, 3.63) is 47.2 Å². The van der Waals surface area contributed by atoms with Gasteiger partial charge in [0.05, 0.1) is 12.0 Å². The lowest BCUT2D eigenvalue weighted by atomic mass is 10.0. The number of amides is 3. The molecule has 3 amide bonds. The zero-order valence-electron chi connectivity index (χ0n) is 14.5. The molecule has 1 unspecified atom stereocenters. The molecule has 2 aliphatic heterocycles. The number of β-lactam (4-membered cyclic amide) rings is 1. The SMILES string of the molecule is N=C(N)NC(=O)C1=C(C(=O)O)N2C(=O)C(NC(=O)Cc3ccccc3)[C@H]2SC1. The van der Waals surface area contributed by atoms with Crippen LogP contribution in [0.1, 0.15) is 5.56 Å². The van der Waals surface area contributed by atoms with Crippen LogP contribution in [0.4, 0.5) is 0 Å². The van der Waals surface area contributed by atoms with Gasteiger partial charge in [-0.1, -0.05) is 30.3 Å². The van der Waals surface area contributed by atoms with Crippen molar-refractivity contribution in [2.24, 2.45) is 5.73 Å². The van der Waals surface area contributed by atoms with Crippen LogP contribution >= 0.6 is 11.8 Å². The fraction of sp³-hybridized carbons (Fsp3) is 0.235.